The first-order valence-corrected chi connectivity index (χ1v) is 7.62. The van der Waals surface area contributed by atoms with Gasteiger partial charge in [-0.25, -0.2) is 4.98 Å². The molecule has 1 saturated heterocycles. The number of aromatic amines is 1. The number of aromatic nitrogens is 4. The van der Waals surface area contributed by atoms with Crippen LogP contribution in [0.15, 0.2) is 11.1 Å². The lowest BCUT2D eigenvalue weighted by molar-refractivity contribution is 0.352. The lowest BCUT2D eigenvalue weighted by Gasteiger charge is -2.06. The molecule has 3 heterocycles. The Balaban J connectivity index is 1.80. The Labute approximate surface area is 112 Å². The number of hydrogen-bond acceptors (Lipinski definition) is 6. The molecule has 0 spiro atoms. The fourth-order valence-corrected chi connectivity index (χ4v) is 2.96. The summed E-state index contributed by atoms with van der Waals surface area (Å²) in [5, 5.41) is 0. The van der Waals surface area contributed by atoms with Gasteiger partial charge >= 0.3 is 7.60 Å². The molecular weight excluding hydrogens is 287 g/mol. The van der Waals surface area contributed by atoms with Crippen molar-refractivity contribution in [3.63, 3.8) is 0 Å². The van der Waals surface area contributed by atoms with Crippen molar-refractivity contribution >= 4 is 24.7 Å². The first-order valence-electron chi connectivity index (χ1n) is 5.83. The molecule has 0 aromatic carbocycles. The van der Waals surface area contributed by atoms with E-state index in [1.54, 1.807) is 9.47 Å². The molecule has 10 nitrogen and oxygen atoms in total. The minimum Gasteiger partial charge on any atom is -0.369 e. The summed E-state index contributed by atoms with van der Waals surface area (Å²) in [6.45, 7) is 1.04. The van der Waals surface area contributed by atoms with Gasteiger partial charge in [0.15, 0.2) is 11.2 Å². The van der Waals surface area contributed by atoms with E-state index >= 15 is 0 Å². The van der Waals surface area contributed by atoms with Gasteiger partial charge in [-0.15, -0.1) is 0 Å². The van der Waals surface area contributed by atoms with E-state index in [1.807, 2.05) is 0 Å². The van der Waals surface area contributed by atoms with Gasteiger partial charge in [0.25, 0.3) is 5.56 Å². The van der Waals surface area contributed by atoms with Gasteiger partial charge in [-0.1, -0.05) is 0 Å². The van der Waals surface area contributed by atoms with Gasteiger partial charge in [0.05, 0.1) is 6.33 Å². The van der Waals surface area contributed by atoms with Crippen molar-refractivity contribution in [2.24, 2.45) is 0 Å². The molecule has 1 aliphatic heterocycles. The summed E-state index contributed by atoms with van der Waals surface area (Å²) in [4.78, 5) is 41.4. The third-order valence-electron chi connectivity index (χ3n) is 3.09. The molecule has 2 unspecified atom stereocenters. The third kappa shape index (κ3) is 2.59. The molecule has 11 heteroatoms. The van der Waals surface area contributed by atoms with Gasteiger partial charge in [-0.05, 0) is 0 Å². The summed E-state index contributed by atoms with van der Waals surface area (Å²) in [5.41, 5.74) is 5.65. The van der Waals surface area contributed by atoms with Gasteiger partial charge in [0.2, 0.25) is 5.95 Å². The third-order valence-corrected chi connectivity index (χ3v) is 3.83. The Bertz CT molecular complexity index is 763. The number of nitrogens with two attached hydrogens (primary N) is 1. The van der Waals surface area contributed by atoms with Crippen LogP contribution in [0, 0.1) is 0 Å². The van der Waals surface area contributed by atoms with E-state index in [-0.39, 0.29) is 23.8 Å². The van der Waals surface area contributed by atoms with Crippen molar-refractivity contribution in [3.05, 3.63) is 16.7 Å². The van der Waals surface area contributed by atoms with Crippen molar-refractivity contribution in [2.45, 2.75) is 12.6 Å². The highest BCUT2D eigenvalue weighted by Gasteiger charge is 2.38. The smallest absolute Gasteiger partial charge is 0.339 e. The van der Waals surface area contributed by atoms with E-state index in [1.165, 1.54) is 6.33 Å². The molecule has 5 N–H and O–H groups in total. The van der Waals surface area contributed by atoms with E-state index < -0.39 is 13.2 Å². The summed E-state index contributed by atoms with van der Waals surface area (Å²) < 4.78 is 12.5. The highest BCUT2D eigenvalue weighted by molar-refractivity contribution is 7.51. The second kappa shape index (κ2) is 4.38. The van der Waals surface area contributed by atoms with E-state index in [2.05, 4.69) is 15.0 Å². The number of anilines is 1. The maximum Gasteiger partial charge on any atom is 0.339 e. The second-order valence-corrected chi connectivity index (χ2v) is 6.36. The van der Waals surface area contributed by atoms with Crippen molar-refractivity contribution < 1.29 is 14.4 Å². The predicted octanol–water partition coefficient (Wildman–Crippen LogP) is -1.48. The van der Waals surface area contributed by atoms with Gasteiger partial charge in [-0.2, -0.15) is 4.98 Å². The molecular formula is C9H13N6O4P. The van der Waals surface area contributed by atoms with E-state index in [4.69, 9.17) is 15.5 Å². The zero-order chi connectivity index (χ0) is 14.5. The average Bonchev–Trinajstić information content (AvgIpc) is 2.85. The fourth-order valence-electron chi connectivity index (χ4n) is 2.14. The van der Waals surface area contributed by atoms with Crippen LogP contribution >= 0.6 is 7.60 Å². The summed E-state index contributed by atoms with van der Waals surface area (Å²) in [6, 6.07) is 0.00216. The lowest BCUT2D eigenvalue weighted by Crippen LogP contribution is -2.14. The monoisotopic (exact) mass is 300 g/mol. The fraction of sp³-hybridized carbons (Fsp3) is 0.444. The Morgan fingerprint density at radius 2 is 2.30 bits per heavy atom. The molecule has 108 valence electrons. The zero-order valence-corrected chi connectivity index (χ0v) is 11.2. The maximum atomic E-state index is 11.6. The van der Waals surface area contributed by atoms with Crippen LogP contribution in [0.3, 0.4) is 0 Å². The van der Waals surface area contributed by atoms with Crippen LogP contribution in [0.1, 0.15) is 0 Å². The van der Waals surface area contributed by atoms with Crippen LogP contribution in [0.25, 0.3) is 11.2 Å². The molecule has 20 heavy (non-hydrogen) atoms. The Morgan fingerprint density at radius 1 is 1.55 bits per heavy atom. The van der Waals surface area contributed by atoms with Crippen molar-refractivity contribution in [1.82, 2.24) is 24.4 Å². The molecule has 3 rings (SSSR count). The van der Waals surface area contributed by atoms with Crippen LogP contribution < -0.4 is 11.3 Å². The summed E-state index contributed by atoms with van der Waals surface area (Å²) in [7, 11) is -4.04. The van der Waals surface area contributed by atoms with Gasteiger partial charge in [0, 0.05) is 19.1 Å². The largest absolute Gasteiger partial charge is 0.369 e. The van der Waals surface area contributed by atoms with E-state index in [9.17, 15) is 9.36 Å². The highest BCUT2D eigenvalue weighted by Crippen LogP contribution is 2.39. The number of rotatable bonds is 4. The minimum atomic E-state index is -4.04. The summed E-state index contributed by atoms with van der Waals surface area (Å²) in [5.74, 6) is 0.00659. The molecule has 0 saturated carbocycles. The molecule has 0 bridgehead atoms. The van der Waals surface area contributed by atoms with Crippen LogP contribution in [-0.2, 0) is 11.1 Å². The van der Waals surface area contributed by atoms with Gasteiger partial charge < -0.3 is 20.1 Å². The molecule has 0 aliphatic carbocycles. The molecule has 0 radical (unpaired) electrons. The Hall–Kier alpha value is -1.74. The van der Waals surface area contributed by atoms with Crippen LogP contribution in [-0.4, -0.2) is 53.1 Å². The molecule has 2 aromatic heterocycles. The number of nitrogen functional groups attached to an aromatic ring is 1. The zero-order valence-electron chi connectivity index (χ0n) is 10.3. The molecule has 1 fully saturated rings. The molecule has 2 aromatic rings. The number of nitrogens with zero attached hydrogens (tertiary/aromatic N) is 4. The SMILES string of the molecule is Nc1nc2c(ncn2CC2CN2CP(=O)(O)O)c(=O)[nH]1. The topological polar surface area (TPSA) is 150 Å². The van der Waals surface area contributed by atoms with Crippen molar-refractivity contribution in [2.75, 3.05) is 18.6 Å². The molecule has 2 atom stereocenters. The number of imidazole rings is 1. The number of fused-ring (bicyclic) bond motifs is 1. The quantitative estimate of drug-likeness (QED) is 0.394. The van der Waals surface area contributed by atoms with Gasteiger partial charge in [0.1, 0.15) is 6.29 Å². The van der Waals surface area contributed by atoms with E-state index in [0.717, 1.165) is 0 Å². The minimum absolute atomic E-state index is 0.00216. The van der Waals surface area contributed by atoms with Gasteiger partial charge in [-0.3, -0.25) is 19.2 Å². The summed E-state index contributed by atoms with van der Waals surface area (Å²) in [6.07, 6.45) is 1.21. The van der Waals surface area contributed by atoms with Crippen molar-refractivity contribution in [3.8, 4) is 0 Å². The Morgan fingerprint density at radius 3 is 3.00 bits per heavy atom. The standard InChI is InChI=1S/C9H13N6O4P/c10-9-12-7-6(8(16)13-9)11-3-14(7)1-5-2-15(5)4-20(17,18)19/h3,5H,1-2,4H2,(H2,17,18,19)(H3,10,12,13,16). The number of hydrogen-bond donors (Lipinski definition) is 4. The summed E-state index contributed by atoms with van der Waals surface area (Å²) >= 11 is 0. The van der Waals surface area contributed by atoms with E-state index in [0.29, 0.717) is 18.7 Å². The molecule has 0 amide bonds. The Kier molecular flexibility index (Phi) is 2.91. The van der Waals surface area contributed by atoms with Crippen LogP contribution in [0.5, 0.6) is 0 Å². The highest BCUT2D eigenvalue weighted by atomic mass is 31.2. The number of nitrogens with one attached hydrogen (secondary N) is 1. The first-order chi connectivity index (χ1) is 9.33. The average molecular weight is 300 g/mol. The normalized spacial score (nSPS) is 22.3. The second-order valence-electron chi connectivity index (χ2n) is 4.75. The maximum absolute atomic E-state index is 11.6. The molecule has 1 aliphatic rings. The first kappa shape index (κ1) is 13.3. The predicted molar refractivity (Wildman–Crippen MR) is 70.0 cm³/mol. The lowest BCUT2D eigenvalue weighted by atomic mass is 10.4. The van der Waals surface area contributed by atoms with Crippen LogP contribution in [0.4, 0.5) is 5.95 Å². The van der Waals surface area contributed by atoms with Crippen molar-refractivity contribution in [1.29, 1.82) is 0 Å². The van der Waals surface area contributed by atoms with Crippen LogP contribution in [0.2, 0.25) is 0 Å². The number of H-pyrrole nitrogens is 1.